The van der Waals surface area contributed by atoms with Crippen molar-refractivity contribution in [3.63, 3.8) is 0 Å². The van der Waals surface area contributed by atoms with Crippen LogP contribution in [0.15, 0.2) is 47.7 Å². The van der Waals surface area contributed by atoms with Gasteiger partial charge in [-0.3, -0.25) is 18.8 Å². The zero-order valence-electron chi connectivity index (χ0n) is 14.9. The van der Waals surface area contributed by atoms with Crippen LogP contribution in [0.25, 0.3) is 16.8 Å². The largest absolute Gasteiger partial charge is 0.573 e. The van der Waals surface area contributed by atoms with Crippen LogP contribution < -0.4 is 20.3 Å². The molecule has 3 aromatic rings. The summed E-state index contributed by atoms with van der Waals surface area (Å²) in [6.07, 6.45) is -0.0798. The van der Waals surface area contributed by atoms with E-state index in [0.717, 1.165) is 12.1 Å². The van der Waals surface area contributed by atoms with Gasteiger partial charge in [-0.1, -0.05) is 0 Å². The Hall–Kier alpha value is -3.76. The van der Waals surface area contributed by atoms with Crippen LogP contribution >= 0.6 is 0 Å². The van der Waals surface area contributed by atoms with Crippen molar-refractivity contribution in [2.45, 2.75) is 6.36 Å². The number of nitrogens with one attached hydrogen (secondary N) is 1. The monoisotopic (exact) mass is 406 g/mol. The lowest BCUT2D eigenvalue weighted by molar-refractivity contribution is -0.274. The van der Waals surface area contributed by atoms with E-state index in [1.807, 2.05) is 0 Å². The highest BCUT2D eigenvalue weighted by molar-refractivity contribution is 5.97. The first kappa shape index (κ1) is 18.6. The SMILES string of the molecule is Cn1cc(-c2cn(-c3ccc(OC(F)(F)F)cc3)c(=O)c3c2OCC(=O)N3)cn1. The second-order valence-corrected chi connectivity index (χ2v) is 6.20. The molecule has 1 aliphatic heterocycles. The number of fused-ring (bicyclic) bond motifs is 1. The number of pyridine rings is 1. The maximum Gasteiger partial charge on any atom is 0.573 e. The molecule has 1 aliphatic rings. The van der Waals surface area contributed by atoms with Crippen molar-refractivity contribution in [2.75, 3.05) is 11.9 Å². The minimum Gasteiger partial charge on any atom is -0.481 e. The van der Waals surface area contributed by atoms with Gasteiger partial charge in [-0.15, -0.1) is 13.2 Å². The Bertz CT molecular complexity index is 1150. The van der Waals surface area contributed by atoms with Crippen LogP contribution in [0.1, 0.15) is 0 Å². The van der Waals surface area contributed by atoms with Gasteiger partial charge in [0.1, 0.15) is 5.75 Å². The molecule has 29 heavy (non-hydrogen) atoms. The lowest BCUT2D eigenvalue weighted by atomic mass is 10.1. The van der Waals surface area contributed by atoms with Gasteiger partial charge >= 0.3 is 6.36 Å². The molecule has 0 saturated heterocycles. The third-order valence-corrected chi connectivity index (χ3v) is 4.14. The lowest BCUT2D eigenvalue weighted by Gasteiger charge is -2.22. The number of aromatic nitrogens is 3. The number of hydrogen-bond donors (Lipinski definition) is 1. The Balaban J connectivity index is 1.84. The highest BCUT2D eigenvalue weighted by Gasteiger charge is 2.31. The van der Waals surface area contributed by atoms with Crippen LogP contribution in [0, 0.1) is 0 Å². The summed E-state index contributed by atoms with van der Waals surface area (Å²) in [5.74, 6) is -0.703. The third-order valence-electron chi connectivity index (χ3n) is 4.14. The zero-order chi connectivity index (χ0) is 20.8. The van der Waals surface area contributed by atoms with Crippen molar-refractivity contribution in [2.24, 2.45) is 7.05 Å². The molecule has 150 valence electrons. The average Bonchev–Trinajstić information content (AvgIpc) is 3.08. The smallest absolute Gasteiger partial charge is 0.481 e. The molecule has 1 amide bonds. The number of halogens is 3. The first-order chi connectivity index (χ1) is 13.7. The maximum absolute atomic E-state index is 12.9. The minimum atomic E-state index is -4.82. The summed E-state index contributed by atoms with van der Waals surface area (Å²) in [6, 6.07) is 4.78. The summed E-state index contributed by atoms with van der Waals surface area (Å²) in [5, 5.41) is 6.59. The number of carbonyl (C=O) groups is 1. The summed E-state index contributed by atoms with van der Waals surface area (Å²) >= 11 is 0. The van der Waals surface area contributed by atoms with Crippen molar-refractivity contribution in [1.29, 1.82) is 0 Å². The molecule has 8 nitrogen and oxygen atoms in total. The fraction of sp³-hybridized carbons (Fsp3) is 0.167. The van der Waals surface area contributed by atoms with Gasteiger partial charge in [0, 0.05) is 36.3 Å². The van der Waals surface area contributed by atoms with E-state index in [1.165, 1.54) is 22.9 Å². The molecule has 0 saturated carbocycles. The van der Waals surface area contributed by atoms with Gasteiger partial charge in [-0.25, -0.2) is 0 Å². The quantitative estimate of drug-likeness (QED) is 0.722. The predicted molar refractivity (Wildman–Crippen MR) is 95.0 cm³/mol. The normalized spacial score (nSPS) is 13.4. The minimum absolute atomic E-state index is 0.0572. The molecule has 0 unspecified atom stereocenters. The van der Waals surface area contributed by atoms with Crippen molar-refractivity contribution in [1.82, 2.24) is 14.3 Å². The van der Waals surface area contributed by atoms with Gasteiger partial charge in [-0.05, 0) is 24.3 Å². The molecule has 11 heteroatoms. The molecule has 1 aromatic carbocycles. The predicted octanol–water partition coefficient (Wildman–Crippen LogP) is 2.47. The number of benzene rings is 1. The average molecular weight is 406 g/mol. The number of rotatable bonds is 3. The van der Waals surface area contributed by atoms with E-state index >= 15 is 0 Å². The molecule has 0 aliphatic carbocycles. The molecule has 0 bridgehead atoms. The lowest BCUT2D eigenvalue weighted by Crippen LogP contribution is -2.33. The Morgan fingerprint density at radius 3 is 2.52 bits per heavy atom. The van der Waals surface area contributed by atoms with Crippen molar-refractivity contribution in [3.8, 4) is 28.3 Å². The van der Waals surface area contributed by atoms with E-state index in [0.29, 0.717) is 11.1 Å². The fourth-order valence-corrected chi connectivity index (χ4v) is 2.94. The molecule has 4 rings (SSSR count). The van der Waals surface area contributed by atoms with Crippen molar-refractivity contribution >= 4 is 11.6 Å². The molecule has 0 fully saturated rings. The van der Waals surface area contributed by atoms with E-state index in [2.05, 4.69) is 15.2 Å². The summed E-state index contributed by atoms with van der Waals surface area (Å²) in [5.41, 5.74) is 0.745. The van der Waals surface area contributed by atoms with E-state index in [-0.39, 0.29) is 23.7 Å². The Morgan fingerprint density at radius 1 is 1.17 bits per heavy atom. The number of ether oxygens (including phenoxy) is 2. The summed E-state index contributed by atoms with van der Waals surface area (Å²) < 4.78 is 49.1. The van der Waals surface area contributed by atoms with Gasteiger partial charge in [0.2, 0.25) is 0 Å². The van der Waals surface area contributed by atoms with E-state index in [9.17, 15) is 22.8 Å². The second-order valence-electron chi connectivity index (χ2n) is 6.20. The number of hydrogen-bond acceptors (Lipinski definition) is 5. The van der Waals surface area contributed by atoms with Crippen LogP contribution in [-0.4, -0.2) is 33.2 Å². The molecule has 0 radical (unpaired) electrons. The number of aryl methyl sites for hydroxylation is 1. The van der Waals surface area contributed by atoms with Gasteiger partial charge in [0.15, 0.2) is 18.0 Å². The van der Waals surface area contributed by atoms with Crippen molar-refractivity contribution in [3.05, 3.63) is 53.2 Å². The summed E-state index contributed by atoms with van der Waals surface area (Å²) in [4.78, 5) is 24.6. The van der Waals surface area contributed by atoms with Gasteiger partial charge < -0.3 is 14.8 Å². The Morgan fingerprint density at radius 2 is 1.90 bits per heavy atom. The second kappa shape index (κ2) is 6.69. The van der Waals surface area contributed by atoms with Crippen LogP contribution in [-0.2, 0) is 11.8 Å². The topological polar surface area (TPSA) is 87.4 Å². The number of alkyl halides is 3. The molecular weight excluding hydrogens is 393 g/mol. The molecule has 1 N–H and O–H groups in total. The molecule has 3 heterocycles. The molecule has 2 aromatic heterocycles. The first-order valence-corrected chi connectivity index (χ1v) is 8.29. The molecule has 0 spiro atoms. The van der Waals surface area contributed by atoms with Crippen LogP contribution in [0.3, 0.4) is 0 Å². The van der Waals surface area contributed by atoms with Gasteiger partial charge in [0.05, 0.1) is 6.20 Å². The summed E-state index contributed by atoms with van der Waals surface area (Å²) in [7, 11) is 1.72. The molecular formula is C18H13F3N4O4. The first-order valence-electron chi connectivity index (χ1n) is 8.29. The van der Waals surface area contributed by atoms with Crippen LogP contribution in [0.5, 0.6) is 11.5 Å². The van der Waals surface area contributed by atoms with Gasteiger partial charge in [-0.2, -0.15) is 5.10 Å². The highest BCUT2D eigenvalue weighted by atomic mass is 19.4. The molecule has 0 atom stereocenters. The number of nitrogens with zero attached hydrogens (tertiary/aromatic N) is 3. The van der Waals surface area contributed by atoms with Gasteiger partial charge in [0.25, 0.3) is 11.5 Å². The van der Waals surface area contributed by atoms with Crippen LogP contribution in [0.4, 0.5) is 18.9 Å². The fourth-order valence-electron chi connectivity index (χ4n) is 2.94. The van der Waals surface area contributed by atoms with E-state index in [4.69, 9.17) is 4.74 Å². The van der Waals surface area contributed by atoms with E-state index < -0.39 is 23.6 Å². The summed E-state index contributed by atoms with van der Waals surface area (Å²) in [6.45, 7) is -0.243. The number of carbonyl (C=O) groups excluding carboxylic acids is 1. The maximum atomic E-state index is 12.9. The Kier molecular flexibility index (Phi) is 4.29. The standard InChI is InChI=1S/C18H13F3N4O4/c1-24-7-10(6-22-24)13-8-25(17(27)15-16(13)28-9-14(26)23-15)11-2-4-12(5-3-11)29-18(19,20)21/h2-8H,9H2,1H3,(H,23,26). The zero-order valence-corrected chi connectivity index (χ0v) is 14.9. The van der Waals surface area contributed by atoms with Crippen LogP contribution in [0.2, 0.25) is 0 Å². The van der Waals surface area contributed by atoms with E-state index in [1.54, 1.807) is 24.1 Å². The number of anilines is 1. The highest BCUT2D eigenvalue weighted by Crippen LogP contribution is 2.36. The van der Waals surface area contributed by atoms with Crippen molar-refractivity contribution < 1.29 is 27.4 Å². The Labute approximate surface area is 161 Å². The number of amides is 1. The third kappa shape index (κ3) is 3.66.